The number of hydrogen-bond donors (Lipinski definition) is 0. The van der Waals surface area contributed by atoms with Gasteiger partial charge in [-0.1, -0.05) is 0 Å². The summed E-state index contributed by atoms with van der Waals surface area (Å²) in [4.78, 5) is 19.5. The van der Waals surface area contributed by atoms with Gasteiger partial charge in [0, 0.05) is 0 Å². The molecule has 0 unspecified atom stereocenters. The summed E-state index contributed by atoms with van der Waals surface area (Å²) in [6, 6.07) is 0. The summed E-state index contributed by atoms with van der Waals surface area (Å²) in [6.45, 7) is 0. The number of rotatable bonds is 2. The van der Waals surface area contributed by atoms with Crippen LogP contribution in [-0.2, 0) is 14.3 Å². The van der Waals surface area contributed by atoms with E-state index in [0.717, 1.165) is 7.11 Å². The Labute approximate surface area is 101 Å². The van der Waals surface area contributed by atoms with Gasteiger partial charge >= 0.3 is 64.2 Å². The molecule has 0 aromatic rings. The first-order chi connectivity index (χ1) is 3.66. The molecule has 0 heterocycles. The molecule has 0 amide bonds. The van der Waals surface area contributed by atoms with Crippen LogP contribution in [0.4, 0.5) is 0 Å². The van der Waals surface area contributed by atoms with Crippen LogP contribution >= 0.6 is 0 Å². The van der Waals surface area contributed by atoms with Gasteiger partial charge in [0.2, 0.25) is 0 Å². The van der Waals surface area contributed by atoms with E-state index < -0.39 is 18.4 Å². The molecule has 0 spiro atoms. The maximum absolute atomic E-state index is 9.98. The minimum Gasteiger partial charge on any atom is -0.550 e. The van der Waals surface area contributed by atoms with E-state index in [-0.39, 0.29) is 58.2 Å². The third kappa shape index (κ3) is 8.75. The Kier molecular flexibility index (Phi) is 9.47. The van der Waals surface area contributed by atoms with Gasteiger partial charge in [-0.05, 0) is 0 Å². The molecule has 0 bridgehead atoms. The van der Waals surface area contributed by atoms with Crippen molar-refractivity contribution in [2.24, 2.45) is 0 Å². The van der Waals surface area contributed by atoms with Crippen LogP contribution in [0.5, 0.6) is 0 Å². The van der Waals surface area contributed by atoms with E-state index in [0.29, 0.717) is 0 Å². The van der Waals surface area contributed by atoms with Crippen molar-refractivity contribution < 1.29 is 77.6 Å². The third-order valence-electron chi connectivity index (χ3n) is 0.516. The van der Waals surface area contributed by atoms with Crippen LogP contribution in [0.2, 0.25) is 0 Å². The Hall–Kier alpha value is 0.745. The summed E-state index contributed by atoms with van der Waals surface area (Å²) in [7, 11) is 1.12. The number of carbonyl (C=O) groups excluding carboxylic acids is 2. The largest absolute Gasteiger partial charge is 1.00 e. The van der Waals surface area contributed by atoms with Gasteiger partial charge < -0.3 is 14.6 Å². The van der Waals surface area contributed by atoms with Crippen LogP contribution in [0.1, 0.15) is 6.42 Å². The molecule has 0 saturated carbocycles. The smallest absolute Gasteiger partial charge is 0.550 e. The van der Waals surface area contributed by atoms with Crippen LogP contribution in [0.3, 0.4) is 0 Å². The van der Waals surface area contributed by atoms with Crippen molar-refractivity contribution in [3.63, 3.8) is 0 Å². The molecule has 0 aliphatic carbocycles. The van der Waals surface area contributed by atoms with Gasteiger partial charge in [0.25, 0.3) is 0 Å². The van der Waals surface area contributed by atoms with Crippen molar-refractivity contribution in [2.45, 2.75) is 6.42 Å². The van der Waals surface area contributed by atoms with E-state index in [2.05, 4.69) is 4.74 Å². The average molecular weight is 203 g/mol. The van der Waals surface area contributed by atoms with Crippen molar-refractivity contribution in [3.8, 4) is 0 Å². The number of ether oxygens (including phenoxy) is 1. The zero-order chi connectivity index (χ0) is 6.57. The zero-order valence-corrected chi connectivity index (χ0v) is 10.3. The van der Waals surface area contributed by atoms with E-state index in [4.69, 9.17) is 0 Å². The van der Waals surface area contributed by atoms with Crippen molar-refractivity contribution in [1.82, 2.24) is 0 Å². The molecule has 0 fully saturated rings. The molecular weight excluding hydrogens is 198 g/mol. The summed E-state index contributed by atoms with van der Waals surface area (Å²) in [5.41, 5.74) is 0. The van der Waals surface area contributed by atoms with Crippen LogP contribution in [0, 0.1) is 0 Å². The fourth-order valence-electron chi connectivity index (χ4n) is 0.190. The fraction of sp³-hybridized carbons (Fsp3) is 0.500. The summed E-state index contributed by atoms with van der Waals surface area (Å²) in [5.74, 6) is -2.21. The third-order valence-corrected chi connectivity index (χ3v) is 0.516. The van der Waals surface area contributed by atoms with Gasteiger partial charge in [-0.3, -0.25) is 4.79 Å². The normalized spacial score (nSPS) is 7.22. The molecule has 0 aliphatic heterocycles. The number of esters is 1. The first-order valence-electron chi connectivity index (χ1n) is 1.93. The molecule has 0 atom stereocenters. The number of methoxy groups -OCH3 is 1. The van der Waals surface area contributed by atoms with Crippen LogP contribution in [0.15, 0.2) is 0 Å². The van der Waals surface area contributed by atoms with E-state index in [9.17, 15) is 14.7 Å². The molecule has 0 aromatic carbocycles. The first kappa shape index (κ1) is 12.4. The molecule has 0 aromatic heterocycles. The number of aliphatic carboxylic acids is 1. The predicted octanol–water partition coefficient (Wildman–Crippen LogP) is -4.70. The molecule has 0 saturated heterocycles. The van der Waals surface area contributed by atoms with Crippen LogP contribution < -0.4 is 63.3 Å². The minimum atomic E-state index is -1.42. The Bertz CT molecular complexity index is 111. The summed E-state index contributed by atoms with van der Waals surface area (Å²) < 4.78 is 4.00. The number of carbonyl (C=O) groups is 2. The number of carboxylic acid groups (broad SMARTS) is 1. The zero-order valence-electron chi connectivity index (χ0n) is 5.34. The van der Waals surface area contributed by atoms with Gasteiger partial charge in [-0.15, -0.1) is 0 Å². The van der Waals surface area contributed by atoms with Crippen LogP contribution in [-0.4, -0.2) is 19.0 Å². The van der Waals surface area contributed by atoms with E-state index in [1.54, 1.807) is 0 Å². The van der Waals surface area contributed by atoms with Gasteiger partial charge in [-0.2, -0.15) is 0 Å². The van der Waals surface area contributed by atoms with Crippen molar-refractivity contribution >= 4 is 11.9 Å². The van der Waals surface area contributed by atoms with E-state index in [1.807, 2.05) is 0 Å². The monoisotopic (exact) mass is 202 g/mol. The Morgan fingerprint density at radius 3 is 2.11 bits per heavy atom. The van der Waals surface area contributed by atoms with Crippen molar-refractivity contribution in [3.05, 3.63) is 0 Å². The van der Waals surface area contributed by atoms with Gasteiger partial charge in [0.05, 0.1) is 19.5 Å². The van der Waals surface area contributed by atoms with Gasteiger partial charge in [-0.25, -0.2) is 0 Å². The van der Waals surface area contributed by atoms with Crippen molar-refractivity contribution in [2.75, 3.05) is 7.11 Å². The maximum Gasteiger partial charge on any atom is 1.00 e. The van der Waals surface area contributed by atoms with Gasteiger partial charge in [0.1, 0.15) is 0 Å². The van der Waals surface area contributed by atoms with Crippen LogP contribution in [0.25, 0.3) is 0 Å². The second kappa shape index (κ2) is 6.86. The topological polar surface area (TPSA) is 66.4 Å². The summed E-state index contributed by atoms with van der Waals surface area (Å²) in [5, 5.41) is 9.56. The summed E-state index contributed by atoms with van der Waals surface area (Å²) in [6.07, 6.45) is -0.670. The summed E-state index contributed by atoms with van der Waals surface area (Å²) >= 11 is 0. The Morgan fingerprint density at radius 2 is 2.00 bits per heavy atom. The molecule has 4 nitrogen and oxygen atoms in total. The molecule has 5 heteroatoms. The molecule has 0 radical (unpaired) electrons. The average Bonchev–Trinajstić information content (AvgIpc) is 1.65. The Morgan fingerprint density at radius 1 is 1.56 bits per heavy atom. The molecule has 0 aliphatic rings. The SMILES string of the molecule is COC(=O)CC(=O)[O-].[Rb+]. The predicted molar refractivity (Wildman–Crippen MR) is 21.6 cm³/mol. The quantitative estimate of drug-likeness (QED) is 0.333. The molecule has 9 heavy (non-hydrogen) atoms. The van der Waals surface area contributed by atoms with Crippen molar-refractivity contribution in [1.29, 1.82) is 0 Å². The van der Waals surface area contributed by atoms with E-state index in [1.165, 1.54) is 0 Å². The fourth-order valence-corrected chi connectivity index (χ4v) is 0.190. The van der Waals surface area contributed by atoms with Gasteiger partial charge in [0.15, 0.2) is 0 Å². The molecule has 0 rings (SSSR count). The minimum absolute atomic E-state index is 0. The Balaban J connectivity index is 0. The maximum atomic E-state index is 9.98. The second-order valence-electron chi connectivity index (χ2n) is 1.12. The molecule has 46 valence electrons. The number of carboxylic acids is 1. The standard InChI is InChI=1S/C4H6O4.Rb/c1-8-4(7)2-3(5)6;/h2H2,1H3,(H,5,6);/q;+1/p-1. The molecular formula is C4H5O4Rb. The first-order valence-corrected chi connectivity index (χ1v) is 1.93. The second-order valence-corrected chi connectivity index (χ2v) is 1.12. The number of hydrogen-bond acceptors (Lipinski definition) is 4. The van der Waals surface area contributed by atoms with E-state index >= 15 is 0 Å². The molecule has 0 N–H and O–H groups in total.